The topological polar surface area (TPSA) is 50.4 Å². The molecular weight excluding hydrogens is 372 g/mol. The van der Waals surface area contributed by atoms with E-state index >= 15 is 0 Å². The number of carbonyl (C=O) groups excluding carboxylic acids is 1. The zero-order chi connectivity index (χ0) is 20.8. The minimum absolute atomic E-state index is 0.0763. The maximum atomic E-state index is 12.8. The van der Waals surface area contributed by atoms with Crippen LogP contribution in [0.3, 0.4) is 0 Å². The van der Waals surface area contributed by atoms with Gasteiger partial charge in [0.05, 0.1) is 19.7 Å². The van der Waals surface area contributed by atoms with Crippen molar-refractivity contribution in [2.45, 2.75) is 6.04 Å². The summed E-state index contributed by atoms with van der Waals surface area (Å²) in [7, 11) is 1.64. The van der Waals surface area contributed by atoms with E-state index in [2.05, 4.69) is 28.8 Å². The molecule has 1 amide bonds. The van der Waals surface area contributed by atoms with Gasteiger partial charge in [-0.2, -0.15) is 0 Å². The second kappa shape index (κ2) is 9.14. The van der Waals surface area contributed by atoms with Crippen LogP contribution in [0.2, 0.25) is 0 Å². The Bertz CT molecular complexity index is 1120. The molecule has 0 aromatic heterocycles. The summed E-state index contributed by atoms with van der Waals surface area (Å²) in [4.78, 5) is 12.8. The standard InChI is InChI=1S/C26H24N2O2/c1-30-22-16-14-21(15-17-22)26(20-9-3-2-4-10-20)28-25(29)18-27-24-13-7-11-19-8-5-6-12-23(19)24/h2-17,26-27H,18H2,1H3,(H,28,29)/t26-/m1/s1. The first-order valence-corrected chi connectivity index (χ1v) is 9.94. The smallest absolute Gasteiger partial charge is 0.240 e. The van der Waals surface area contributed by atoms with Gasteiger partial charge in [0.2, 0.25) is 5.91 Å². The Morgan fingerprint density at radius 3 is 2.23 bits per heavy atom. The normalized spacial score (nSPS) is 11.6. The molecule has 0 heterocycles. The number of hydrogen-bond donors (Lipinski definition) is 2. The van der Waals surface area contributed by atoms with Crippen LogP contribution in [0.5, 0.6) is 5.75 Å². The van der Waals surface area contributed by atoms with Crippen LogP contribution in [0.25, 0.3) is 10.8 Å². The lowest BCUT2D eigenvalue weighted by atomic mass is 9.98. The van der Waals surface area contributed by atoms with E-state index in [1.54, 1.807) is 7.11 Å². The molecule has 150 valence electrons. The molecule has 4 aromatic rings. The molecule has 0 bridgehead atoms. The lowest BCUT2D eigenvalue weighted by molar-refractivity contribution is -0.119. The van der Waals surface area contributed by atoms with E-state index in [-0.39, 0.29) is 18.5 Å². The minimum Gasteiger partial charge on any atom is -0.497 e. The van der Waals surface area contributed by atoms with Crippen molar-refractivity contribution < 1.29 is 9.53 Å². The third kappa shape index (κ3) is 4.44. The summed E-state index contributed by atoms with van der Waals surface area (Å²) < 4.78 is 5.26. The van der Waals surface area contributed by atoms with E-state index in [4.69, 9.17) is 4.74 Å². The lowest BCUT2D eigenvalue weighted by Gasteiger charge is -2.21. The Kier molecular flexibility index (Phi) is 5.95. The Morgan fingerprint density at radius 2 is 1.47 bits per heavy atom. The zero-order valence-corrected chi connectivity index (χ0v) is 16.8. The maximum absolute atomic E-state index is 12.8. The first-order valence-electron chi connectivity index (χ1n) is 9.94. The summed E-state index contributed by atoms with van der Waals surface area (Å²) >= 11 is 0. The minimum atomic E-state index is -0.237. The van der Waals surface area contributed by atoms with E-state index < -0.39 is 0 Å². The molecule has 0 aliphatic heterocycles. The van der Waals surface area contributed by atoms with Crippen molar-refractivity contribution in [1.29, 1.82) is 0 Å². The molecule has 0 spiro atoms. The van der Waals surface area contributed by atoms with Gasteiger partial charge in [-0.25, -0.2) is 0 Å². The predicted octanol–water partition coefficient (Wildman–Crippen LogP) is 5.17. The lowest BCUT2D eigenvalue weighted by Crippen LogP contribution is -2.34. The monoisotopic (exact) mass is 396 g/mol. The van der Waals surface area contributed by atoms with Crippen LogP contribution in [0.4, 0.5) is 5.69 Å². The molecule has 0 aliphatic carbocycles. The van der Waals surface area contributed by atoms with Gasteiger partial charge in [0, 0.05) is 11.1 Å². The molecule has 4 rings (SSSR count). The average Bonchev–Trinajstić information content (AvgIpc) is 2.82. The second-order valence-corrected chi connectivity index (χ2v) is 7.06. The van der Waals surface area contributed by atoms with Crippen LogP contribution in [-0.4, -0.2) is 19.6 Å². The molecule has 0 saturated heterocycles. The highest BCUT2D eigenvalue weighted by atomic mass is 16.5. The molecule has 30 heavy (non-hydrogen) atoms. The van der Waals surface area contributed by atoms with Crippen molar-refractivity contribution in [3.63, 3.8) is 0 Å². The fourth-order valence-corrected chi connectivity index (χ4v) is 3.57. The van der Waals surface area contributed by atoms with Gasteiger partial charge in [-0.05, 0) is 34.7 Å². The SMILES string of the molecule is COc1ccc([C@H](NC(=O)CNc2cccc3ccccc23)c2ccccc2)cc1. The number of hydrogen-bond acceptors (Lipinski definition) is 3. The van der Waals surface area contributed by atoms with Crippen molar-refractivity contribution >= 4 is 22.4 Å². The molecule has 4 aromatic carbocycles. The highest BCUT2D eigenvalue weighted by molar-refractivity contribution is 5.95. The van der Waals surface area contributed by atoms with E-state index in [0.717, 1.165) is 33.3 Å². The van der Waals surface area contributed by atoms with Gasteiger partial charge in [0.1, 0.15) is 5.75 Å². The highest BCUT2D eigenvalue weighted by Gasteiger charge is 2.17. The van der Waals surface area contributed by atoms with Crippen LogP contribution in [0.1, 0.15) is 17.2 Å². The summed E-state index contributed by atoms with van der Waals surface area (Å²) in [5.74, 6) is 0.710. The number of methoxy groups -OCH3 is 1. The zero-order valence-electron chi connectivity index (χ0n) is 16.8. The molecule has 0 radical (unpaired) electrons. The number of ether oxygens (including phenoxy) is 1. The van der Waals surface area contributed by atoms with Gasteiger partial charge in [0.15, 0.2) is 0 Å². The molecular formula is C26H24N2O2. The molecule has 1 atom stereocenters. The molecule has 0 aliphatic rings. The van der Waals surface area contributed by atoms with Crippen molar-refractivity contribution in [2.24, 2.45) is 0 Å². The van der Waals surface area contributed by atoms with Crippen LogP contribution in [0, 0.1) is 0 Å². The molecule has 4 nitrogen and oxygen atoms in total. The summed E-state index contributed by atoms with van der Waals surface area (Å²) in [6.45, 7) is 0.188. The van der Waals surface area contributed by atoms with Gasteiger partial charge in [0.25, 0.3) is 0 Å². The summed E-state index contributed by atoms with van der Waals surface area (Å²) in [6, 6.07) is 31.7. The van der Waals surface area contributed by atoms with Gasteiger partial charge in [-0.15, -0.1) is 0 Å². The molecule has 4 heteroatoms. The Hall–Kier alpha value is -3.79. The third-order valence-corrected chi connectivity index (χ3v) is 5.12. The third-order valence-electron chi connectivity index (χ3n) is 5.12. The van der Waals surface area contributed by atoms with Crippen molar-refractivity contribution in [3.05, 3.63) is 108 Å². The Morgan fingerprint density at radius 1 is 0.800 bits per heavy atom. The van der Waals surface area contributed by atoms with Gasteiger partial charge < -0.3 is 15.4 Å². The average molecular weight is 396 g/mol. The summed E-state index contributed by atoms with van der Waals surface area (Å²) in [6.07, 6.45) is 0. The first-order chi connectivity index (χ1) is 14.7. The fourth-order valence-electron chi connectivity index (χ4n) is 3.57. The van der Waals surface area contributed by atoms with Gasteiger partial charge in [-0.1, -0.05) is 78.9 Å². The predicted molar refractivity (Wildman–Crippen MR) is 122 cm³/mol. The number of amides is 1. The number of fused-ring (bicyclic) bond motifs is 1. The van der Waals surface area contributed by atoms with E-state index in [1.807, 2.05) is 78.9 Å². The maximum Gasteiger partial charge on any atom is 0.240 e. The van der Waals surface area contributed by atoms with Crippen LogP contribution < -0.4 is 15.4 Å². The van der Waals surface area contributed by atoms with Gasteiger partial charge >= 0.3 is 0 Å². The van der Waals surface area contributed by atoms with E-state index in [9.17, 15) is 4.79 Å². The number of carbonyl (C=O) groups is 1. The number of rotatable bonds is 7. The number of nitrogens with one attached hydrogen (secondary N) is 2. The fraction of sp³-hybridized carbons (Fsp3) is 0.115. The Balaban J connectivity index is 1.51. The highest BCUT2D eigenvalue weighted by Crippen LogP contribution is 2.25. The molecule has 2 N–H and O–H groups in total. The molecule has 0 saturated carbocycles. The van der Waals surface area contributed by atoms with Crippen LogP contribution >= 0.6 is 0 Å². The molecule has 0 fully saturated rings. The summed E-state index contributed by atoms with van der Waals surface area (Å²) in [5, 5.41) is 8.69. The van der Waals surface area contributed by atoms with Crippen LogP contribution in [-0.2, 0) is 4.79 Å². The summed E-state index contributed by atoms with van der Waals surface area (Å²) in [5.41, 5.74) is 2.98. The van der Waals surface area contributed by atoms with E-state index in [0.29, 0.717) is 0 Å². The van der Waals surface area contributed by atoms with Crippen molar-refractivity contribution in [1.82, 2.24) is 5.32 Å². The quantitative estimate of drug-likeness (QED) is 0.453. The number of benzene rings is 4. The second-order valence-electron chi connectivity index (χ2n) is 7.06. The first kappa shape index (κ1) is 19.5. The molecule has 0 unspecified atom stereocenters. The Labute approximate surface area is 176 Å². The number of anilines is 1. The largest absolute Gasteiger partial charge is 0.497 e. The van der Waals surface area contributed by atoms with Crippen molar-refractivity contribution in [2.75, 3.05) is 19.0 Å². The van der Waals surface area contributed by atoms with E-state index in [1.165, 1.54) is 0 Å². The van der Waals surface area contributed by atoms with Gasteiger partial charge in [-0.3, -0.25) is 4.79 Å². The van der Waals surface area contributed by atoms with Crippen LogP contribution in [0.15, 0.2) is 97.1 Å². The van der Waals surface area contributed by atoms with Crippen molar-refractivity contribution in [3.8, 4) is 5.75 Å².